The van der Waals surface area contributed by atoms with Gasteiger partial charge in [-0.3, -0.25) is 9.89 Å². The van der Waals surface area contributed by atoms with Crippen molar-refractivity contribution in [1.82, 2.24) is 15.1 Å². The van der Waals surface area contributed by atoms with E-state index in [1.807, 2.05) is 0 Å². The molecule has 8 heteroatoms. The van der Waals surface area contributed by atoms with Crippen LogP contribution in [0.2, 0.25) is 0 Å². The zero-order valence-electron chi connectivity index (χ0n) is 14.4. The molecule has 0 saturated carbocycles. The van der Waals surface area contributed by atoms with E-state index in [1.165, 1.54) is 6.07 Å². The predicted octanol–water partition coefficient (Wildman–Crippen LogP) is 2.06. The standard InChI is InChI=1S/C17H24F2N4O.HI/c1-20-17(21-11-13-10-14(18)2-3-16(13)19)23-5-4-15(12-23)22-6-8-24-9-7-22;/h2-3,10,15H,4-9,11-12H2,1H3,(H,20,21);1H. The van der Waals surface area contributed by atoms with Gasteiger partial charge in [-0.2, -0.15) is 0 Å². The number of ether oxygens (including phenoxy) is 1. The minimum Gasteiger partial charge on any atom is -0.379 e. The minimum absolute atomic E-state index is 0. The fourth-order valence-electron chi connectivity index (χ4n) is 3.36. The Morgan fingerprint density at radius 3 is 2.76 bits per heavy atom. The van der Waals surface area contributed by atoms with E-state index in [9.17, 15) is 8.78 Å². The Kier molecular flexibility index (Phi) is 7.82. The Labute approximate surface area is 164 Å². The monoisotopic (exact) mass is 466 g/mol. The maximum absolute atomic E-state index is 13.7. The molecule has 1 aromatic carbocycles. The van der Waals surface area contributed by atoms with Gasteiger partial charge in [0.1, 0.15) is 11.6 Å². The summed E-state index contributed by atoms with van der Waals surface area (Å²) in [6, 6.07) is 4.00. The van der Waals surface area contributed by atoms with E-state index >= 15 is 0 Å². The quantitative estimate of drug-likeness (QED) is 0.421. The van der Waals surface area contributed by atoms with Crippen LogP contribution >= 0.6 is 24.0 Å². The van der Waals surface area contributed by atoms with Crippen molar-refractivity contribution in [1.29, 1.82) is 0 Å². The topological polar surface area (TPSA) is 40.1 Å². The lowest BCUT2D eigenvalue weighted by Crippen LogP contribution is -2.46. The highest BCUT2D eigenvalue weighted by atomic mass is 127. The molecule has 25 heavy (non-hydrogen) atoms. The number of hydrogen-bond acceptors (Lipinski definition) is 3. The summed E-state index contributed by atoms with van der Waals surface area (Å²) in [6.07, 6.45) is 1.08. The molecule has 2 saturated heterocycles. The summed E-state index contributed by atoms with van der Waals surface area (Å²) >= 11 is 0. The summed E-state index contributed by atoms with van der Waals surface area (Å²) in [5.41, 5.74) is 0.306. The largest absolute Gasteiger partial charge is 0.379 e. The molecule has 0 aliphatic carbocycles. The smallest absolute Gasteiger partial charge is 0.193 e. The minimum atomic E-state index is -0.434. The van der Waals surface area contributed by atoms with Gasteiger partial charge in [0.05, 0.1) is 13.2 Å². The van der Waals surface area contributed by atoms with Crippen LogP contribution in [-0.4, -0.2) is 68.2 Å². The fraction of sp³-hybridized carbons (Fsp3) is 0.588. The molecule has 2 fully saturated rings. The van der Waals surface area contributed by atoms with Crippen molar-refractivity contribution in [2.24, 2.45) is 4.99 Å². The van der Waals surface area contributed by atoms with Crippen molar-refractivity contribution in [3.63, 3.8) is 0 Å². The average Bonchev–Trinajstić information content (AvgIpc) is 3.09. The second-order valence-corrected chi connectivity index (χ2v) is 6.17. The number of rotatable bonds is 3. The third-order valence-electron chi connectivity index (χ3n) is 4.68. The number of guanidine groups is 1. The van der Waals surface area contributed by atoms with Crippen LogP contribution in [0, 0.1) is 11.6 Å². The van der Waals surface area contributed by atoms with Crippen molar-refractivity contribution in [2.75, 3.05) is 46.4 Å². The van der Waals surface area contributed by atoms with Crippen molar-refractivity contribution >= 4 is 29.9 Å². The van der Waals surface area contributed by atoms with Crippen LogP contribution in [0.3, 0.4) is 0 Å². The molecule has 0 aromatic heterocycles. The molecule has 0 radical (unpaired) electrons. The molecule has 0 spiro atoms. The van der Waals surface area contributed by atoms with Gasteiger partial charge in [-0.05, 0) is 24.6 Å². The number of morpholine rings is 1. The highest BCUT2D eigenvalue weighted by Crippen LogP contribution is 2.17. The SMILES string of the molecule is CN=C(NCc1cc(F)ccc1F)N1CCC(N2CCOCC2)C1.I. The van der Waals surface area contributed by atoms with Gasteiger partial charge in [0, 0.05) is 51.4 Å². The van der Waals surface area contributed by atoms with Crippen LogP contribution < -0.4 is 5.32 Å². The van der Waals surface area contributed by atoms with Crippen molar-refractivity contribution in [3.05, 3.63) is 35.4 Å². The summed E-state index contributed by atoms with van der Waals surface area (Å²) in [7, 11) is 1.71. The van der Waals surface area contributed by atoms with E-state index in [0.29, 0.717) is 11.6 Å². The summed E-state index contributed by atoms with van der Waals surface area (Å²) in [4.78, 5) is 8.93. The number of likely N-dealkylation sites (tertiary alicyclic amines) is 1. The number of benzene rings is 1. The molecule has 140 valence electrons. The molecule has 1 aromatic rings. The van der Waals surface area contributed by atoms with E-state index in [0.717, 1.165) is 63.9 Å². The normalized spacial score (nSPS) is 22.0. The summed E-state index contributed by atoms with van der Waals surface area (Å²) in [5, 5.41) is 3.15. The van der Waals surface area contributed by atoms with E-state index in [1.54, 1.807) is 7.05 Å². The van der Waals surface area contributed by atoms with Crippen LogP contribution in [0.25, 0.3) is 0 Å². The van der Waals surface area contributed by atoms with E-state index in [2.05, 4.69) is 20.1 Å². The van der Waals surface area contributed by atoms with Crippen molar-refractivity contribution in [2.45, 2.75) is 19.0 Å². The third kappa shape index (κ3) is 5.24. The zero-order valence-corrected chi connectivity index (χ0v) is 16.7. The third-order valence-corrected chi connectivity index (χ3v) is 4.68. The maximum atomic E-state index is 13.7. The van der Waals surface area contributed by atoms with Gasteiger partial charge in [-0.15, -0.1) is 24.0 Å². The number of nitrogens with one attached hydrogen (secondary N) is 1. The van der Waals surface area contributed by atoms with Gasteiger partial charge in [-0.25, -0.2) is 8.78 Å². The fourth-order valence-corrected chi connectivity index (χ4v) is 3.36. The number of hydrogen-bond donors (Lipinski definition) is 1. The van der Waals surface area contributed by atoms with Gasteiger partial charge in [0.15, 0.2) is 5.96 Å². The van der Waals surface area contributed by atoms with E-state index < -0.39 is 11.6 Å². The molecule has 1 N–H and O–H groups in total. The Bertz CT molecular complexity index is 596. The number of aliphatic imine (C=N–C) groups is 1. The predicted molar refractivity (Wildman–Crippen MR) is 104 cm³/mol. The van der Waals surface area contributed by atoms with Crippen LogP contribution in [0.5, 0.6) is 0 Å². The summed E-state index contributed by atoms with van der Waals surface area (Å²) in [5.74, 6) is -0.113. The van der Waals surface area contributed by atoms with Crippen molar-refractivity contribution in [3.8, 4) is 0 Å². The Balaban J connectivity index is 0.00000225. The zero-order chi connectivity index (χ0) is 16.9. The van der Waals surface area contributed by atoms with Crippen LogP contribution in [-0.2, 0) is 11.3 Å². The average molecular weight is 466 g/mol. The maximum Gasteiger partial charge on any atom is 0.193 e. The summed E-state index contributed by atoms with van der Waals surface area (Å²) in [6.45, 7) is 5.55. The Hall–Kier alpha value is -1.00. The Morgan fingerprint density at radius 1 is 1.28 bits per heavy atom. The van der Waals surface area contributed by atoms with E-state index in [-0.39, 0.29) is 30.5 Å². The van der Waals surface area contributed by atoms with Gasteiger partial charge in [0.2, 0.25) is 0 Å². The Morgan fingerprint density at radius 2 is 2.04 bits per heavy atom. The van der Waals surface area contributed by atoms with Crippen LogP contribution in [0.1, 0.15) is 12.0 Å². The van der Waals surface area contributed by atoms with Gasteiger partial charge < -0.3 is 15.0 Å². The first-order valence-electron chi connectivity index (χ1n) is 8.38. The first kappa shape index (κ1) is 20.3. The molecule has 0 bridgehead atoms. The second-order valence-electron chi connectivity index (χ2n) is 6.17. The number of halogens is 3. The molecule has 5 nitrogen and oxygen atoms in total. The highest BCUT2D eigenvalue weighted by Gasteiger charge is 2.30. The number of nitrogens with zero attached hydrogens (tertiary/aromatic N) is 3. The highest BCUT2D eigenvalue weighted by molar-refractivity contribution is 14.0. The summed E-state index contributed by atoms with van der Waals surface area (Å²) < 4.78 is 32.4. The molecule has 0 amide bonds. The molecule has 1 unspecified atom stereocenters. The first-order chi connectivity index (χ1) is 11.7. The molecule has 2 heterocycles. The van der Waals surface area contributed by atoms with Crippen molar-refractivity contribution < 1.29 is 13.5 Å². The molecular weight excluding hydrogens is 441 g/mol. The molecule has 2 aliphatic rings. The van der Waals surface area contributed by atoms with Gasteiger partial charge in [-0.1, -0.05) is 0 Å². The van der Waals surface area contributed by atoms with E-state index in [4.69, 9.17) is 4.74 Å². The lowest BCUT2D eigenvalue weighted by atomic mass is 10.2. The van der Waals surface area contributed by atoms with Crippen LogP contribution in [0.4, 0.5) is 8.78 Å². The van der Waals surface area contributed by atoms with Crippen LogP contribution in [0.15, 0.2) is 23.2 Å². The van der Waals surface area contributed by atoms with Gasteiger partial charge >= 0.3 is 0 Å². The lowest BCUT2D eigenvalue weighted by molar-refractivity contribution is 0.0195. The molecule has 1 atom stereocenters. The van der Waals surface area contributed by atoms with Gasteiger partial charge in [0.25, 0.3) is 0 Å². The second kappa shape index (κ2) is 9.63. The lowest BCUT2D eigenvalue weighted by Gasteiger charge is -2.32. The molecule has 2 aliphatic heterocycles. The molecule has 3 rings (SSSR count). The molecular formula is C17H25F2IN4O. The first-order valence-corrected chi connectivity index (χ1v) is 8.38.